The lowest BCUT2D eigenvalue weighted by Crippen LogP contribution is -2.63. The standard InChI is InChI=1S/C26H25NO5/c1-3-31-22(29)19-24(2)25(13-14-25)20(28)21(32-24)26(19)17-11-7-8-12-18(17)27(23(26)30)15-16-9-5-4-6-10-16/h4-12,19,21H,3,13-15H2,1-2H3/t19-,21-,24-,26+/m1/s1. The van der Waals surface area contributed by atoms with Crippen molar-refractivity contribution in [2.75, 3.05) is 11.5 Å². The van der Waals surface area contributed by atoms with E-state index in [1.807, 2.05) is 61.5 Å². The van der Waals surface area contributed by atoms with Gasteiger partial charge in [0, 0.05) is 5.69 Å². The van der Waals surface area contributed by atoms with E-state index in [0.717, 1.165) is 11.3 Å². The van der Waals surface area contributed by atoms with Crippen molar-refractivity contribution in [1.29, 1.82) is 0 Å². The van der Waals surface area contributed by atoms with Gasteiger partial charge in [-0.05, 0) is 43.9 Å². The average Bonchev–Trinajstić information content (AvgIpc) is 3.47. The topological polar surface area (TPSA) is 72.9 Å². The quantitative estimate of drug-likeness (QED) is 0.696. The number of ketones is 1. The van der Waals surface area contributed by atoms with E-state index in [1.165, 1.54) is 0 Å². The Hall–Kier alpha value is -2.99. The number of carbonyl (C=O) groups is 3. The zero-order valence-corrected chi connectivity index (χ0v) is 18.2. The number of amides is 1. The van der Waals surface area contributed by atoms with E-state index in [4.69, 9.17) is 9.47 Å². The summed E-state index contributed by atoms with van der Waals surface area (Å²) in [6, 6.07) is 17.2. The Bertz CT molecular complexity index is 1160. The molecule has 0 N–H and O–H groups in total. The van der Waals surface area contributed by atoms with E-state index in [0.29, 0.717) is 24.9 Å². The van der Waals surface area contributed by atoms with E-state index in [2.05, 4.69) is 0 Å². The maximum atomic E-state index is 14.3. The predicted molar refractivity (Wildman–Crippen MR) is 116 cm³/mol. The fourth-order valence-corrected chi connectivity index (χ4v) is 6.60. The molecule has 2 aromatic rings. The first-order valence-corrected chi connectivity index (χ1v) is 11.3. The van der Waals surface area contributed by atoms with Crippen molar-refractivity contribution in [3.05, 3.63) is 65.7 Å². The Balaban J connectivity index is 1.55. The molecule has 0 radical (unpaired) electrons. The Morgan fingerprint density at radius 3 is 2.47 bits per heavy atom. The Kier molecular flexibility index (Phi) is 3.87. The van der Waals surface area contributed by atoms with Gasteiger partial charge >= 0.3 is 5.97 Å². The molecular weight excluding hydrogens is 406 g/mol. The molecule has 1 aliphatic carbocycles. The fraction of sp³-hybridized carbons (Fsp3) is 0.423. The van der Waals surface area contributed by atoms with E-state index in [1.54, 1.807) is 11.8 Å². The van der Waals surface area contributed by atoms with Crippen molar-refractivity contribution in [3.63, 3.8) is 0 Å². The molecule has 32 heavy (non-hydrogen) atoms. The molecule has 6 rings (SSSR count). The molecular formula is C26H25NO5. The molecule has 2 spiro atoms. The lowest BCUT2D eigenvalue weighted by molar-refractivity contribution is -0.161. The summed E-state index contributed by atoms with van der Waals surface area (Å²) in [5, 5.41) is 0. The van der Waals surface area contributed by atoms with E-state index in [9.17, 15) is 14.4 Å². The highest BCUT2D eigenvalue weighted by Crippen LogP contribution is 2.74. The van der Waals surface area contributed by atoms with Gasteiger partial charge in [-0.15, -0.1) is 0 Å². The zero-order valence-electron chi connectivity index (χ0n) is 18.2. The van der Waals surface area contributed by atoms with Crippen LogP contribution in [0.2, 0.25) is 0 Å². The molecule has 6 nitrogen and oxygen atoms in total. The van der Waals surface area contributed by atoms with Crippen molar-refractivity contribution in [1.82, 2.24) is 0 Å². The number of para-hydroxylation sites is 1. The SMILES string of the molecule is CCOC(=O)[C@H]1[C@]2(C(=O)N(Cc3ccccc3)c3ccccc32)[C@@H]2O[C@@]1(C)C1(CC1)C2=O. The van der Waals surface area contributed by atoms with Crippen molar-refractivity contribution >= 4 is 23.3 Å². The molecule has 164 valence electrons. The number of Topliss-reactive ketones (excluding diaryl/α,β-unsaturated/α-hetero) is 1. The van der Waals surface area contributed by atoms with Gasteiger partial charge in [0.25, 0.3) is 0 Å². The van der Waals surface area contributed by atoms with Gasteiger partial charge < -0.3 is 14.4 Å². The number of rotatable bonds is 4. The van der Waals surface area contributed by atoms with Crippen LogP contribution in [0.1, 0.15) is 37.8 Å². The van der Waals surface area contributed by atoms with Gasteiger partial charge in [-0.2, -0.15) is 0 Å². The third-order valence-corrected chi connectivity index (χ3v) is 8.14. The minimum Gasteiger partial charge on any atom is -0.466 e. The minimum absolute atomic E-state index is 0.0368. The maximum absolute atomic E-state index is 14.3. The number of benzene rings is 2. The summed E-state index contributed by atoms with van der Waals surface area (Å²) >= 11 is 0. The van der Waals surface area contributed by atoms with Crippen LogP contribution in [0.3, 0.4) is 0 Å². The van der Waals surface area contributed by atoms with Crippen LogP contribution in [0, 0.1) is 11.3 Å². The number of carbonyl (C=O) groups excluding carboxylic acids is 3. The first-order valence-electron chi connectivity index (χ1n) is 11.3. The first-order chi connectivity index (χ1) is 15.4. The number of nitrogens with zero attached hydrogens (tertiary/aromatic N) is 1. The maximum Gasteiger partial charge on any atom is 0.313 e. The summed E-state index contributed by atoms with van der Waals surface area (Å²) in [6.07, 6.45) is 0.404. The van der Waals surface area contributed by atoms with Crippen LogP contribution in [0.25, 0.3) is 0 Å². The van der Waals surface area contributed by atoms with Crippen LogP contribution in [0.15, 0.2) is 54.6 Å². The van der Waals surface area contributed by atoms with Crippen LogP contribution < -0.4 is 4.90 Å². The van der Waals surface area contributed by atoms with Crippen LogP contribution in [-0.2, 0) is 35.8 Å². The predicted octanol–water partition coefficient (Wildman–Crippen LogP) is 3.17. The number of hydrogen-bond acceptors (Lipinski definition) is 5. The smallest absolute Gasteiger partial charge is 0.313 e. The van der Waals surface area contributed by atoms with Crippen LogP contribution >= 0.6 is 0 Å². The van der Waals surface area contributed by atoms with Gasteiger partial charge in [0.15, 0.2) is 5.78 Å². The molecule has 4 aliphatic rings. The molecule has 4 atom stereocenters. The zero-order chi connectivity index (χ0) is 22.3. The number of ether oxygens (including phenoxy) is 2. The molecule has 3 heterocycles. The molecule has 2 aromatic carbocycles. The Labute approximate surface area is 186 Å². The fourth-order valence-electron chi connectivity index (χ4n) is 6.60. The number of anilines is 1. The lowest BCUT2D eigenvalue weighted by Gasteiger charge is -2.42. The second kappa shape index (κ2) is 6.29. The van der Waals surface area contributed by atoms with Crippen LogP contribution in [0.5, 0.6) is 0 Å². The normalized spacial score (nSPS) is 33.2. The summed E-state index contributed by atoms with van der Waals surface area (Å²) in [5.41, 5.74) is -0.725. The Morgan fingerprint density at radius 2 is 1.78 bits per heavy atom. The van der Waals surface area contributed by atoms with E-state index in [-0.39, 0.29) is 18.3 Å². The van der Waals surface area contributed by atoms with Gasteiger partial charge in [-0.3, -0.25) is 14.4 Å². The number of hydrogen-bond donors (Lipinski definition) is 0. The first kappa shape index (κ1) is 19.7. The molecule has 0 unspecified atom stereocenters. The summed E-state index contributed by atoms with van der Waals surface area (Å²) in [7, 11) is 0. The molecule has 6 heteroatoms. The lowest BCUT2D eigenvalue weighted by atomic mass is 9.54. The van der Waals surface area contributed by atoms with Gasteiger partial charge in [-0.25, -0.2) is 0 Å². The molecule has 3 aliphatic heterocycles. The van der Waals surface area contributed by atoms with Crippen LogP contribution in [-0.4, -0.2) is 36.0 Å². The number of fused-ring (bicyclic) bond motifs is 6. The summed E-state index contributed by atoms with van der Waals surface area (Å²) in [4.78, 5) is 43.1. The molecule has 2 saturated heterocycles. The molecule has 3 fully saturated rings. The van der Waals surface area contributed by atoms with Gasteiger partial charge in [0.05, 0.1) is 24.2 Å². The number of esters is 1. The average molecular weight is 431 g/mol. The molecule has 0 aromatic heterocycles. The van der Waals surface area contributed by atoms with Crippen LogP contribution in [0.4, 0.5) is 5.69 Å². The van der Waals surface area contributed by atoms with Crippen molar-refractivity contribution < 1.29 is 23.9 Å². The highest BCUT2D eigenvalue weighted by molar-refractivity contribution is 6.17. The van der Waals surface area contributed by atoms with Gasteiger partial charge in [0.2, 0.25) is 5.91 Å². The summed E-state index contributed by atoms with van der Waals surface area (Å²) in [5.74, 6) is -1.61. The third-order valence-electron chi connectivity index (χ3n) is 8.14. The minimum atomic E-state index is -1.39. The summed E-state index contributed by atoms with van der Waals surface area (Å²) in [6.45, 7) is 4.16. The molecule has 1 amide bonds. The summed E-state index contributed by atoms with van der Waals surface area (Å²) < 4.78 is 11.9. The highest BCUT2D eigenvalue weighted by atomic mass is 16.6. The second-order valence-corrected chi connectivity index (χ2v) is 9.50. The third kappa shape index (κ3) is 2.07. The molecule has 2 bridgehead atoms. The van der Waals surface area contributed by atoms with Gasteiger partial charge in [-0.1, -0.05) is 48.5 Å². The second-order valence-electron chi connectivity index (χ2n) is 9.50. The van der Waals surface area contributed by atoms with E-state index < -0.39 is 34.4 Å². The Morgan fingerprint density at radius 1 is 1.09 bits per heavy atom. The van der Waals surface area contributed by atoms with Crippen molar-refractivity contribution in [3.8, 4) is 0 Å². The highest BCUT2D eigenvalue weighted by Gasteiger charge is 2.87. The van der Waals surface area contributed by atoms with E-state index >= 15 is 0 Å². The molecule has 1 saturated carbocycles. The largest absolute Gasteiger partial charge is 0.466 e. The van der Waals surface area contributed by atoms with Crippen molar-refractivity contribution in [2.24, 2.45) is 11.3 Å². The van der Waals surface area contributed by atoms with Crippen molar-refractivity contribution in [2.45, 2.75) is 50.4 Å². The van der Waals surface area contributed by atoms with Gasteiger partial charge in [0.1, 0.15) is 17.4 Å². The monoisotopic (exact) mass is 431 g/mol.